The van der Waals surface area contributed by atoms with E-state index in [1.807, 2.05) is 53.2 Å². The molecule has 3 amide bonds. The minimum absolute atomic E-state index is 0.0169. The lowest BCUT2D eigenvalue weighted by Gasteiger charge is -2.23. The Kier molecular flexibility index (Phi) is 8.56. The van der Waals surface area contributed by atoms with Gasteiger partial charge in [0.15, 0.2) is 6.61 Å². The minimum Gasteiger partial charge on any atom is -0.483 e. The monoisotopic (exact) mass is 503 g/mol. The molecule has 4 rings (SSSR count). The first-order valence-electron chi connectivity index (χ1n) is 12.5. The maximum absolute atomic E-state index is 13.0. The van der Waals surface area contributed by atoms with E-state index in [9.17, 15) is 14.4 Å². The molecule has 2 heterocycles. The molecule has 0 unspecified atom stereocenters. The summed E-state index contributed by atoms with van der Waals surface area (Å²) >= 11 is 0. The average Bonchev–Trinajstić information content (AvgIpc) is 3.37. The Labute approximate surface area is 217 Å². The van der Waals surface area contributed by atoms with Gasteiger partial charge in [0.1, 0.15) is 5.75 Å². The van der Waals surface area contributed by atoms with Crippen molar-refractivity contribution in [2.24, 2.45) is 0 Å². The normalized spacial score (nSPS) is 16.5. The second-order valence-electron chi connectivity index (χ2n) is 9.20. The van der Waals surface area contributed by atoms with Crippen molar-refractivity contribution in [3.63, 3.8) is 0 Å². The lowest BCUT2D eigenvalue weighted by Crippen LogP contribution is -2.38. The van der Waals surface area contributed by atoms with E-state index >= 15 is 0 Å². The fourth-order valence-corrected chi connectivity index (χ4v) is 4.19. The summed E-state index contributed by atoms with van der Waals surface area (Å²) < 4.78 is 7.67. The van der Waals surface area contributed by atoms with E-state index in [0.717, 1.165) is 22.5 Å². The van der Waals surface area contributed by atoms with E-state index in [-0.39, 0.29) is 30.7 Å². The number of hydrogen-bond donors (Lipinski definition) is 1. The van der Waals surface area contributed by atoms with Crippen LogP contribution in [0.5, 0.6) is 5.75 Å². The number of ether oxygens (including phenoxy) is 1. The summed E-state index contributed by atoms with van der Waals surface area (Å²) in [6.07, 6.45) is 5.24. The summed E-state index contributed by atoms with van der Waals surface area (Å²) in [4.78, 5) is 45.9. The predicted octanol–water partition coefficient (Wildman–Crippen LogP) is 2.02. The van der Waals surface area contributed by atoms with E-state index in [2.05, 4.69) is 10.3 Å². The number of rotatable bonds is 0. The van der Waals surface area contributed by atoms with Gasteiger partial charge in [0.25, 0.3) is 5.91 Å². The zero-order valence-electron chi connectivity index (χ0n) is 21.4. The lowest BCUT2D eigenvalue weighted by atomic mass is 10.1. The summed E-state index contributed by atoms with van der Waals surface area (Å²) in [6.45, 7) is 1.19. The molecule has 37 heavy (non-hydrogen) atoms. The van der Waals surface area contributed by atoms with Gasteiger partial charge in [0.2, 0.25) is 11.8 Å². The van der Waals surface area contributed by atoms with Gasteiger partial charge in [-0.05, 0) is 29.7 Å². The third-order valence-corrected chi connectivity index (χ3v) is 6.51. The molecule has 0 saturated carbocycles. The number of benzene rings is 2. The highest BCUT2D eigenvalue weighted by atomic mass is 16.5. The number of hydrogen-bond acceptors (Lipinski definition) is 5. The number of carbonyl (C=O) groups is 3. The van der Waals surface area contributed by atoms with E-state index in [4.69, 9.17) is 4.74 Å². The van der Waals surface area contributed by atoms with Crippen LogP contribution in [0, 0.1) is 0 Å². The van der Waals surface area contributed by atoms with E-state index in [1.165, 1.54) is 0 Å². The minimum atomic E-state index is -0.222. The molecular weight excluding hydrogens is 470 g/mol. The highest BCUT2D eigenvalue weighted by molar-refractivity contribution is 5.80. The van der Waals surface area contributed by atoms with Crippen molar-refractivity contribution in [1.82, 2.24) is 24.7 Å². The van der Waals surface area contributed by atoms with E-state index in [1.54, 1.807) is 36.3 Å². The molecule has 0 radical (unpaired) electrons. The average molecular weight is 504 g/mol. The summed E-state index contributed by atoms with van der Waals surface area (Å²) in [5.41, 5.74) is 3.47. The summed E-state index contributed by atoms with van der Waals surface area (Å²) in [6, 6.07) is 15.2. The van der Waals surface area contributed by atoms with Gasteiger partial charge in [-0.1, -0.05) is 36.4 Å². The SMILES string of the molecule is CN1CCN(C)C(=O)Cc2ccccc2-n2cnc(c2)CCNC(=O)COc2ccccc2CCC1=O. The van der Waals surface area contributed by atoms with Gasteiger partial charge in [-0.3, -0.25) is 14.4 Å². The zero-order chi connectivity index (χ0) is 26.2. The summed E-state index contributed by atoms with van der Waals surface area (Å²) in [7, 11) is 3.51. The van der Waals surface area contributed by atoms with Crippen LogP contribution in [0.25, 0.3) is 5.69 Å². The Balaban J connectivity index is 1.53. The molecule has 3 aromatic rings. The van der Waals surface area contributed by atoms with Crippen molar-refractivity contribution >= 4 is 17.7 Å². The van der Waals surface area contributed by atoms with Crippen LogP contribution in [0.1, 0.15) is 23.2 Å². The Hall–Kier alpha value is -4.14. The second-order valence-corrected chi connectivity index (χ2v) is 9.20. The van der Waals surface area contributed by atoms with Crippen molar-refractivity contribution < 1.29 is 19.1 Å². The Morgan fingerprint density at radius 1 is 0.838 bits per heavy atom. The lowest BCUT2D eigenvalue weighted by molar-refractivity contribution is -0.133. The topological polar surface area (TPSA) is 96.8 Å². The Morgan fingerprint density at radius 3 is 2.35 bits per heavy atom. The number of aromatic nitrogens is 2. The molecule has 2 bridgehead atoms. The second kappa shape index (κ2) is 12.2. The Morgan fingerprint density at radius 2 is 1.54 bits per heavy atom. The molecular formula is C28H33N5O4. The highest BCUT2D eigenvalue weighted by Crippen LogP contribution is 2.20. The van der Waals surface area contributed by atoms with Crippen LogP contribution >= 0.6 is 0 Å². The van der Waals surface area contributed by atoms with Gasteiger partial charge in [-0.25, -0.2) is 4.98 Å². The number of fused-ring (bicyclic) bond motifs is 5. The maximum Gasteiger partial charge on any atom is 0.257 e. The largest absolute Gasteiger partial charge is 0.483 e. The van der Waals surface area contributed by atoms with Gasteiger partial charge in [0, 0.05) is 52.8 Å². The molecule has 1 N–H and O–H groups in total. The van der Waals surface area contributed by atoms with Gasteiger partial charge in [-0.2, -0.15) is 0 Å². The number of para-hydroxylation sites is 2. The van der Waals surface area contributed by atoms with Gasteiger partial charge >= 0.3 is 0 Å². The number of nitrogens with zero attached hydrogens (tertiary/aromatic N) is 4. The molecule has 194 valence electrons. The maximum atomic E-state index is 13.0. The molecule has 2 aromatic carbocycles. The van der Waals surface area contributed by atoms with Crippen LogP contribution < -0.4 is 10.1 Å². The molecule has 0 aliphatic carbocycles. The van der Waals surface area contributed by atoms with Crippen molar-refractivity contribution in [2.75, 3.05) is 40.3 Å². The number of amides is 3. The van der Waals surface area contributed by atoms with Crippen LogP contribution in [0.4, 0.5) is 0 Å². The quantitative estimate of drug-likeness (QED) is 0.506. The predicted molar refractivity (Wildman–Crippen MR) is 140 cm³/mol. The number of imidazole rings is 1. The first kappa shape index (κ1) is 25.9. The van der Waals surface area contributed by atoms with E-state index < -0.39 is 0 Å². The molecule has 0 atom stereocenters. The fraction of sp³-hybridized carbons (Fsp3) is 0.357. The first-order valence-corrected chi connectivity index (χ1v) is 12.5. The van der Waals surface area contributed by atoms with Crippen molar-refractivity contribution in [2.45, 2.75) is 25.7 Å². The zero-order valence-corrected chi connectivity index (χ0v) is 21.4. The molecule has 0 spiro atoms. The number of aryl methyl sites for hydroxylation is 1. The third kappa shape index (κ3) is 6.97. The smallest absolute Gasteiger partial charge is 0.257 e. The van der Waals surface area contributed by atoms with Crippen LogP contribution in [0.3, 0.4) is 0 Å². The van der Waals surface area contributed by atoms with E-state index in [0.29, 0.717) is 44.6 Å². The third-order valence-electron chi connectivity index (χ3n) is 6.51. The summed E-state index contributed by atoms with van der Waals surface area (Å²) in [5.74, 6) is 0.333. The van der Waals surface area contributed by atoms with Crippen molar-refractivity contribution in [1.29, 1.82) is 0 Å². The van der Waals surface area contributed by atoms with Crippen molar-refractivity contribution in [3.8, 4) is 11.4 Å². The van der Waals surface area contributed by atoms with Gasteiger partial charge in [-0.15, -0.1) is 0 Å². The van der Waals surface area contributed by atoms with Gasteiger partial charge in [0.05, 0.1) is 24.1 Å². The molecule has 9 nitrogen and oxygen atoms in total. The highest BCUT2D eigenvalue weighted by Gasteiger charge is 2.17. The van der Waals surface area contributed by atoms with Gasteiger partial charge < -0.3 is 24.4 Å². The molecule has 1 aliphatic rings. The molecule has 0 fully saturated rings. The molecule has 1 aliphatic heterocycles. The summed E-state index contributed by atoms with van der Waals surface area (Å²) in [5, 5.41) is 2.87. The number of carbonyl (C=O) groups excluding carboxylic acids is 3. The van der Waals surface area contributed by atoms with Crippen LogP contribution in [0.2, 0.25) is 0 Å². The standard InChI is InChI=1S/C28H33N5O4/c1-31-15-16-32(2)28(36)17-22-8-3-5-9-24(22)33-18-23(30-20-33)13-14-29-26(34)19-37-25-10-6-4-7-21(25)11-12-27(31)35/h3-10,18,20H,11-17,19H2,1-2H3,(H,29,34). The molecule has 9 heteroatoms. The number of nitrogens with one attached hydrogen (secondary N) is 1. The van der Waals surface area contributed by atoms with Crippen LogP contribution in [0.15, 0.2) is 61.1 Å². The fourth-order valence-electron chi connectivity index (χ4n) is 4.19. The van der Waals surface area contributed by atoms with Crippen LogP contribution in [-0.4, -0.2) is 77.4 Å². The number of likely N-dealkylation sites (N-methyl/N-ethyl adjacent to an activating group) is 2. The molecule has 0 saturated heterocycles. The first-order chi connectivity index (χ1) is 17.9. The van der Waals surface area contributed by atoms with Crippen LogP contribution in [-0.2, 0) is 33.6 Å². The molecule has 1 aromatic heterocycles. The Bertz CT molecular complexity index is 1250. The van der Waals surface area contributed by atoms with Crippen molar-refractivity contribution in [3.05, 3.63) is 77.9 Å².